The number of carbonyl (C=O) groups excluding carboxylic acids is 1. The molecule has 3 nitrogen and oxygen atoms in total. The van der Waals surface area contributed by atoms with E-state index >= 15 is 0 Å². The Balaban J connectivity index is 1.80. The molecule has 1 aliphatic rings. The summed E-state index contributed by atoms with van der Waals surface area (Å²) in [6.07, 6.45) is 3.14. The Morgan fingerprint density at radius 2 is 2.26 bits per heavy atom. The topological polar surface area (TPSA) is 42.0 Å². The molecular formula is C14H13FN2OS. The fraction of sp³-hybridized carbons (Fsp3) is 0.286. The molecule has 0 fully saturated rings. The van der Waals surface area contributed by atoms with Gasteiger partial charge in [0, 0.05) is 4.88 Å². The molecule has 3 rings (SSSR count). The highest BCUT2D eigenvalue weighted by molar-refractivity contribution is 7.15. The zero-order valence-electron chi connectivity index (χ0n) is 10.5. The second-order valence-electron chi connectivity index (χ2n) is 4.68. The van der Waals surface area contributed by atoms with E-state index in [9.17, 15) is 9.18 Å². The van der Waals surface area contributed by atoms with Gasteiger partial charge < -0.3 is 0 Å². The average molecular weight is 276 g/mol. The lowest BCUT2D eigenvalue weighted by Crippen LogP contribution is -2.13. The van der Waals surface area contributed by atoms with E-state index in [1.54, 1.807) is 13.0 Å². The van der Waals surface area contributed by atoms with Gasteiger partial charge in [0.2, 0.25) is 0 Å². The maximum Gasteiger partial charge on any atom is 0.260 e. The van der Waals surface area contributed by atoms with Gasteiger partial charge in [-0.15, -0.1) is 11.3 Å². The second kappa shape index (κ2) is 4.74. The van der Waals surface area contributed by atoms with Crippen LogP contribution in [0.3, 0.4) is 0 Å². The highest BCUT2D eigenvalue weighted by atomic mass is 32.1. The van der Waals surface area contributed by atoms with E-state index in [1.165, 1.54) is 28.3 Å². The zero-order valence-corrected chi connectivity index (χ0v) is 11.3. The quantitative estimate of drug-likeness (QED) is 0.914. The van der Waals surface area contributed by atoms with Gasteiger partial charge in [0.15, 0.2) is 5.13 Å². The lowest BCUT2D eigenvalue weighted by Gasteiger charge is -2.04. The molecule has 1 aromatic carbocycles. The van der Waals surface area contributed by atoms with Crippen LogP contribution in [0.25, 0.3) is 0 Å². The van der Waals surface area contributed by atoms with Crippen LogP contribution in [-0.4, -0.2) is 10.9 Å². The molecule has 1 aliphatic carbocycles. The first-order valence-corrected chi connectivity index (χ1v) is 7.01. The van der Waals surface area contributed by atoms with Gasteiger partial charge in [0.05, 0.1) is 11.3 Å². The number of thiazole rings is 1. The molecule has 0 spiro atoms. The normalized spacial score (nSPS) is 13.4. The Labute approximate surface area is 114 Å². The molecule has 2 aromatic rings. The summed E-state index contributed by atoms with van der Waals surface area (Å²) >= 11 is 1.49. The Morgan fingerprint density at radius 3 is 3.00 bits per heavy atom. The van der Waals surface area contributed by atoms with Crippen molar-refractivity contribution in [2.45, 2.75) is 26.2 Å². The number of aryl methyl sites for hydroxylation is 3. The summed E-state index contributed by atoms with van der Waals surface area (Å²) in [6.45, 7) is 1.79. The number of benzene rings is 1. The summed E-state index contributed by atoms with van der Waals surface area (Å²) in [7, 11) is 0. The molecule has 0 bridgehead atoms. The number of nitrogens with zero attached hydrogens (tertiary/aromatic N) is 1. The number of aromatic nitrogens is 1. The number of anilines is 1. The maximum absolute atomic E-state index is 13.7. The molecule has 0 atom stereocenters. The smallest absolute Gasteiger partial charge is 0.260 e. The summed E-state index contributed by atoms with van der Waals surface area (Å²) < 4.78 is 13.7. The predicted octanol–water partition coefficient (Wildman–Crippen LogP) is 3.33. The van der Waals surface area contributed by atoms with Crippen molar-refractivity contribution >= 4 is 22.4 Å². The van der Waals surface area contributed by atoms with Gasteiger partial charge in [-0.25, -0.2) is 9.37 Å². The highest BCUT2D eigenvalue weighted by Crippen LogP contribution is 2.30. The Morgan fingerprint density at radius 1 is 1.42 bits per heavy atom. The van der Waals surface area contributed by atoms with E-state index in [4.69, 9.17) is 0 Å². The van der Waals surface area contributed by atoms with Crippen molar-refractivity contribution in [1.82, 2.24) is 4.98 Å². The van der Waals surface area contributed by atoms with Crippen LogP contribution in [0.5, 0.6) is 0 Å². The van der Waals surface area contributed by atoms with E-state index in [1.807, 2.05) is 0 Å². The first kappa shape index (κ1) is 12.3. The van der Waals surface area contributed by atoms with Crippen LogP contribution in [0.4, 0.5) is 9.52 Å². The number of hydrogen-bond donors (Lipinski definition) is 1. The van der Waals surface area contributed by atoms with Crippen molar-refractivity contribution in [2.75, 3.05) is 5.32 Å². The molecule has 0 saturated carbocycles. The molecule has 0 unspecified atom stereocenters. The van der Waals surface area contributed by atoms with Gasteiger partial charge in [-0.3, -0.25) is 10.1 Å². The zero-order chi connectivity index (χ0) is 13.4. The lowest BCUT2D eigenvalue weighted by atomic mass is 10.1. The number of fused-ring (bicyclic) bond motifs is 1. The molecule has 19 heavy (non-hydrogen) atoms. The standard InChI is InChI=1S/C14H13FN2OS/c1-8-5-6-9(10(15)7-8)13(18)17-14-16-11-3-2-4-12(11)19-14/h5-7H,2-4H2,1H3,(H,16,17,18). The molecule has 0 saturated heterocycles. The number of amides is 1. The third-order valence-electron chi connectivity index (χ3n) is 3.19. The average Bonchev–Trinajstić information content (AvgIpc) is 2.89. The van der Waals surface area contributed by atoms with Crippen LogP contribution in [0, 0.1) is 12.7 Å². The van der Waals surface area contributed by atoms with Crippen molar-refractivity contribution in [1.29, 1.82) is 0 Å². The summed E-state index contributed by atoms with van der Waals surface area (Å²) in [5.41, 5.74) is 1.92. The lowest BCUT2D eigenvalue weighted by molar-refractivity contribution is 0.102. The SMILES string of the molecule is Cc1ccc(C(=O)Nc2nc3c(s2)CCC3)c(F)c1. The van der Waals surface area contributed by atoms with E-state index < -0.39 is 11.7 Å². The molecule has 98 valence electrons. The Hall–Kier alpha value is -1.75. The van der Waals surface area contributed by atoms with Gasteiger partial charge in [-0.1, -0.05) is 6.07 Å². The molecule has 1 amide bonds. The van der Waals surface area contributed by atoms with Crippen LogP contribution in [0.1, 0.15) is 32.9 Å². The van der Waals surface area contributed by atoms with E-state index in [2.05, 4.69) is 10.3 Å². The van der Waals surface area contributed by atoms with Crippen LogP contribution in [0.15, 0.2) is 18.2 Å². The van der Waals surface area contributed by atoms with Gasteiger partial charge in [-0.2, -0.15) is 0 Å². The molecular weight excluding hydrogens is 263 g/mol. The van der Waals surface area contributed by atoms with Crippen molar-refractivity contribution in [2.24, 2.45) is 0 Å². The molecule has 1 aromatic heterocycles. The van der Waals surface area contributed by atoms with Crippen LogP contribution in [-0.2, 0) is 12.8 Å². The second-order valence-corrected chi connectivity index (χ2v) is 5.76. The van der Waals surface area contributed by atoms with Gasteiger partial charge in [0.25, 0.3) is 5.91 Å². The van der Waals surface area contributed by atoms with Crippen LogP contribution in [0.2, 0.25) is 0 Å². The number of rotatable bonds is 2. The minimum atomic E-state index is -0.499. The first-order valence-electron chi connectivity index (χ1n) is 6.19. The minimum absolute atomic E-state index is 0.0564. The Kier molecular flexibility index (Phi) is 3.06. The van der Waals surface area contributed by atoms with Gasteiger partial charge in [-0.05, 0) is 43.9 Å². The summed E-state index contributed by atoms with van der Waals surface area (Å²) in [5, 5.41) is 3.24. The molecule has 1 heterocycles. The molecule has 5 heteroatoms. The molecule has 0 aliphatic heterocycles. The minimum Gasteiger partial charge on any atom is -0.298 e. The Bertz CT molecular complexity index is 629. The predicted molar refractivity (Wildman–Crippen MR) is 73.2 cm³/mol. The van der Waals surface area contributed by atoms with E-state index in [0.29, 0.717) is 5.13 Å². The van der Waals surface area contributed by atoms with E-state index in [0.717, 1.165) is 30.5 Å². The molecule has 0 radical (unpaired) electrons. The highest BCUT2D eigenvalue weighted by Gasteiger charge is 2.19. The number of halogens is 1. The van der Waals surface area contributed by atoms with Gasteiger partial charge >= 0.3 is 0 Å². The van der Waals surface area contributed by atoms with Crippen LogP contribution >= 0.6 is 11.3 Å². The largest absolute Gasteiger partial charge is 0.298 e. The molecule has 1 N–H and O–H groups in total. The first-order chi connectivity index (χ1) is 9.13. The maximum atomic E-state index is 13.7. The van der Waals surface area contributed by atoms with E-state index in [-0.39, 0.29) is 5.56 Å². The summed E-state index contributed by atoms with van der Waals surface area (Å²) in [5.74, 6) is -0.938. The van der Waals surface area contributed by atoms with Gasteiger partial charge in [0.1, 0.15) is 5.82 Å². The third kappa shape index (κ3) is 2.38. The third-order valence-corrected chi connectivity index (χ3v) is 4.26. The summed E-state index contributed by atoms with van der Waals surface area (Å²) in [4.78, 5) is 17.6. The van der Waals surface area contributed by atoms with Crippen molar-refractivity contribution in [3.63, 3.8) is 0 Å². The van der Waals surface area contributed by atoms with Crippen molar-refractivity contribution in [3.05, 3.63) is 45.7 Å². The fourth-order valence-electron chi connectivity index (χ4n) is 2.21. The van der Waals surface area contributed by atoms with Crippen LogP contribution < -0.4 is 5.32 Å². The number of carbonyl (C=O) groups is 1. The fourth-order valence-corrected chi connectivity index (χ4v) is 3.26. The van der Waals surface area contributed by atoms with Crippen molar-refractivity contribution < 1.29 is 9.18 Å². The number of nitrogens with one attached hydrogen (secondary N) is 1. The van der Waals surface area contributed by atoms with Crippen molar-refractivity contribution in [3.8, 4) is 0 Å². The number of hydrogen-bond acceptors (Lipinski definition) is 3. The monoisotopic (exact) mass is 276 g/mol. The summed E-state index contributed by atoms with van der Waals surface area (Å²) in [6, 6.07) is 4.58.